The summed E-state index contributed by atoms with van der Waals surface area (Å²) in [5, 5.41) is 3.44. The fraction of sp³-hybridized carbons (Fsp3) is 0.333. The minimum absolute atomic E-state index is 0.171. The molecule has 0 spiro atoms. The van der Waals surface area contributed by atoms with Crippen molar-refractivity contribution in [3.63, 3.8) is 0 Å². The molecular formula is C18H19BrFN. The molecular weight excluding hydrogens is 329 g/mol. The van der Waals surface area contributed by atoms with Gasteiger partial charge in [0.15, 0.2) is 0 Å². The summed E-state index contributed by atoms with van der Waals surface area (Å²) in [7, 11) is 2.00. The average molecular weight is 348 g/mol. The van der Waals surface area contributed by atoms with Crippen LogP contribution < -0.4 is 5.32 Å². The maximum absolute atomic E-state index is 13.5. The van der Waals surface area contributed by atoms with Crippen molar-refractivity contribution in [2.45, 2.75) is 31.2 Å². The van der Waals surface area contributed by atoms with Gasteiger partial charge >= 0.3 is 0 Å². The molecule has 2 aromatic carbocycles. The molecule has 1 N–H and O–H groups in total. The van der Waals surface area contributed by atoms with E-state index in [4.69, 9.17) is 0 Å². The van der Waals surface area contributed by atoms with E-state index in [0.29, 0.717) is 12.0 Å². The monoisotopic (exact) mass is 347 g/mol. The number of benzene rings is 2. The molecule has 1 nitrogen and oxygen atoms in total. The second-order valence-electron chi connectivity index (χ2n) is 5.68. The maximum Gasteiger partial charge on any atom is 0.123 e. The molecule has 2 atom stereocenters. The topological polar surface area (TPSA) is 12.0 Å². The van der Waals surface area contributed by atoms with E-state index in [2.05, 4.69) is 45.5 Å². The van der Waals surface area contributed by atoms with Gasteiger partial charge in [0.05, 0.1) is 0 Å². The summed E-state index contributed by atoms with van der Waals surface area (Å²) in [5.41, 5.74) is 3.93. The highest BCUT2D eigenvalue weighted by atomic mass is 79.9. The van der Waals surface area contributed by atoms with Crippen LogP contribution in [0.3, 0.4) is 0 Å². The van der Waals surface area contributed by atoms with Crippen molar-refractivity contribution < 1.29 is 4.39 Å². The molecule has 0 aromatic heterocycles. The zero-order valence-corrected chi connectivity index (χ0v) is 13.7. The Kier molecular flexibility index (Phi) is 4.41. The van der Waals surface area contributed by atoms with Crippen molar-refractivity contribution in [3.05, 3.63) is 69.4 Å². The third kappa shape index (κ3) is 3.04. The van der Waals surface area contributed by atoms with Crippen LogP contribution in [0.1, 0.15) is 29.0 Å². The second-order valence-corrected chi connectivity index (χ2v) is 6.53. The predicted octanol–water partition coefficient (Wildman–Crippen LogP) is 4.45. The van der Waals surface area contributed by atoms with Gasteiger partial charge in [0.1, 0.15) is 5.82 Å². The van der Waals surface area contributed by atoms with E-state index in [0.717, 1.165) is 29.3 Å². The van der Waals surface area contributed by atoms with Crippen molar-refractivity contribution in [3.8, 4) is 0 Å². The number of likely N-dealkylation sites (N-methyl/N-ethyl adjacent to an activating group) is 1. The van der Waals surface area contributed by atoms with Crippen LogP contribution in [0.15, 0.2) is 46.9 Å². The Hall–Kier alpha value is -1.19. The van der Waals surface area contributed by atoms with Crippen LogP contribution in [0.2, 0.25) is 0 Å². The fourth-order valence-electron chi connectivity index (χ4n) is 3.39. The summed E-state index contributed by atoms with van der Waals surface area (Å²) in [5.74, 6) is 0.330. The Morgan fingerprint density at radius 1 is 1.29 bits per heavy atom. The average Bonchev–Trinajstić information content (AvgIpc) is 2.92. The van der Waals surface area contributed by atoms with Gasteiger partial charge in [0.2, 0.25) is 0 Å². The van der Waals surface area contributed by atoms with Crippen molar-refractivity contribution in [1.29, 1.82) is 0 Å². The van der Waals surface area contributed by atoms with E-state index in [1.807, 2.05) is 7.05 Å². The number of halogens is 2. The van der Waals surface area contributed by atoms with Gasteiger partial charge in [0.25, 0.3) is 0 Å². The molecule has 3 rings (SSSR count). The first-order valence-electron chi connectivity index (χ1n) is 7.38. The van der Waals surface area contributed by atoms with Gasteiger partial charge < -0.3 is 5.32 Å². The van der Waals surface area contributed by atoms with E-state index in [-0.39, 0.29) is 5.82 Å². The van der Waals surface area contributed by atoms with Crippen LogP contribution in [0.4, 0.5) is 4.39 Å². The highest BCUT2D eigenvalue weighted by Gasteiger charge is 2.29. The van der Waals surface area contributed by atoms with Crippen LogP contribution in [0, 0.1) is 5.82 Å². The molecule has 21 heavy (non-hydrogen) atoms. The molecule has 110 valence electrons. The van der Waals surface area contributed by atoms with Crippen LogP contribution in [0.25, 0.3) is 0 Å². The van der Waals surface area contributed by atoms with E-state index in [1.165, 1.54) is 17.2 Å². The number of aryl methyl sites for hydroxylation is 1. The molecule has 3 heteroatoms. The largest absolute Gasteiger partial charge is 0.316 e. The first-order chi connectivity index (χ1) is 10.2. The molecule has 0 radical (unpaired) electrons. The van der Waals surface area contributed by atoms with Gasteiger partial charge in [-0.2, -0.15) is 0 Å². The highest BCUT2D eigenvalue weighted by Crippen LogP contribution is 2.36. The standard InChI is InChI=1S/C18H19BrFN/c1-21-18(11-13-10-14(20)7-9-17(13)19)16-8-6-12-4-2-3-5-15(12)16/h2-5,7,9-10,16,18,21H,6,8,11H2,1H3. The minimum Gasteiger partial charge on any atom is -0.316 e. The van der Waals surface area contributed by atoms with E-state index < -0.39 is 0 Å². The molecule has 1 aliphatic carbocycles. The molecule has 0 aliphatic heterocycles. The number of rotatable bonds is 4. The first kappa shape index (κ1) is 14.7. The Morgan fingerprint density at radius 3 is 2.90 bits per heavy atom. The van der Waals surface area contributed by atoms with Crippen molar-refractivity contribution in [2.75, 3.05) is 7.05 Å². The smallest absolute Gasteiger partial charge is 0.123 e. The summed E-state index contributed by atoms with van der Waals surface area (Å²) in [6.07, 6.45) is 3.13. The first-order valence-corrected chi connectivity index (χ1v) is 8.17. The summed E-state index contributed by atoms with van der Waals surface area (Å²) in [4.78, 5) is 0. The van der Waals surface area contributed by atoms with Crippen LogP contribution in [0.5, 0.6) is 0 Å². The van der Waals surface area contributed by atoms with Gasteiger partial charge in [-0.3, -0.25) is 0 Å². The molecule has 0 saturated carbocycles. The lowest BCUT2D eigenvalue weighted by Crippen LogP contribution is -2.33. The summed E-state index contributed by atoms with van der Waals surface area (Å²) >= 11 is 3.53. The lowest BCUT2D eigenvalue weighted by Gasteiger charge is -2.25. The van der Waals surface area contributed by atoms with E-state index in [1.54, 1.807) is 12.1 Å². The van der Waals surface area contributed by atoms with E-state index >= 15 is 0 Å². The third-order valence-corrected chi connectivity index (χ3v) is 5.26. The lowest BCUT2D eigenvalue weighted by molar-refractivity contribution is 0.455. The maximum atomic E-state index is 13.5. The number of nitrogens with one attached hydrogen (secondary N) is 1. The lowest BCUT2D eigenvalue weighted by atomic mass is 9.89. The molecule has 0 heterocycles. The summed E-state index contributed by atoms with van der Waals surface area (Å²) in [6.45, 7) is 0. The molecule has 0 fully saturated rings. The number of hydrogen-bond donors (Lipinski definition) is 1. The summed E-state index contributed by atoms with van der Waals surface area (Å²) in [6, 6.07) is 13.9. The molecule has 2 aromatic rings. The second kappa shape index (κ2) is 6.29. The predicted molar refractivity (Wildman–Crippen MR) is 88.2 cm³/mol. The number of fused-ring (bicyclic) bond motifs is 1. The molecule has 1 aliphatic rings. The van der Waals surface area contributed by atoms with Crippen molar-refractivity contribution >= 4 is 15.9 Å². The Bertz CT molecular complexity index is 641. The van der Waals surface area contributed by atoms with Gasteiger partial charge in [0, 0.05) is 16.4 Å². The zero-order chi connectivity index (χ0) is 14.8. The van der Waals surface area contributed by atoms with Gasteiger partial charge in [-0.25, -0.2) is 4.39 Å². The third-order valence-electron chi connectivity index (χ3n) is 4.48. The van der Waals surface area contributed by atoms with E-state index in [9.17, 15) is 4.39 Å². The van der Waals surface area contributed by atoms with Crippen LogP contribution in [-0.4, -0.2) is 13.1 Å². The zero-order valence-electron chi connectivity index (χ0n) is 12.1. The molecule has 0 amide bonds. The number of hydrogen-bond acceptors (Lipinski definition) is 1. The van der Waals surface area contributed by atoms with Gasteiger partial charge in [-0.05, 0) is 61.2 Å². The Morgan fingerprint density at radius 2 is 2.10 bits per heavy atom. The van der Waals surface area contributed by atoms with Gasteiger partial charge in [-0.1, -0.05) is 40.2 Å². The van der Waals surface area contributed by atoms with Crippen molar-refractivity contribution in [1.82, 2.24) is 5.32 Å². The van der Waals surface area contributed by atoms with Gasteiger partial charge in [-0.15, -0.1) is 0 Å². The van der Waals surface area contributed by atoms with Crippen LogP contribution in [-0.2, 0) is 12.8 Å². The Balaban J connectivity index is 1.85. The molecule has 0 saturated heterocycles. The molecule has 0 bridgehead atoms. The van der Waals surface area contributed by atoms with Crippen molar-refractivity contribution in [2.24, 2.45) is 0 Å². The minimum atomic E-state index is -0.171. The quantitative estimate of drug-likeness (QED) is 0.861. The molecule has 2 unspecified atom stereocenters. The fourth-order valence-corrected chi connectivity index (χ4v) is 3.80. The van der Waals surface area contributed by atoms with Crippen LogP contribution >= 0.6 is 15.9 Å². The normalized spacial score (nSPS) is 18.5. The SMILES string of the molecule is CNC(Cc1cc(F)ccc1Br)C1CCc2ccccc21. The summed E-state index contributed by atoms with van der Waals surface area (Å²) < 4.78 is 14.5. The Labute approximate surface area is 133 Å². The highest BCUT2D eigenvalue weighted by molar-refractivity contribution is 9.10.